The van der Waals surface area contributed by atoms with Crippen LogP contribution in [-0.2, 0) is 0 Å². The zero-order chi connectivity index (χ0) is 10.6. The van der Waals surface area contributed by atoms with Gasteiger partial charge in [-0.05, 0) is 36.3 Å². The molecule has 0 aliphatic rings. The molecule has 0 aromatic carbocycles. The summed E-state index contributed by atoms with van der Waals surface area (Å²) in [5.74, 6) is 6.29. The molecule has 3 N–H and O–H groups in total. The van der Waals surface area contributed by atoms with E-state index in [9.17, 15) is 0 Å². The average molecular weight is 212 g/mol. The third-order valence-corrected chi connectivity index (χ3v) is 3.57. The zero-order valence-electron chi connectivity index (χ0n) is 9.21. The van der Waals surface area contributed by atoms with Gasteiger partial charge in [-0.2, -0.15) is 0 Å². The van der Waals surface area contributed by atoms with E-state index in [-0.39, 0.29) is 0 Å². The van der Waals surface area contributed by atoms with Gasteiger partial charge in [0.1, 0.15) is 0 Å². The van der Waals surface area contributed by atoms with Gasteiger partial charge in [0.15, 0.2) is 0 Å². The Morgan fingerprint density at radius 3 is 2.71 bits per heavy atom. The molecule has 2 atom stereocenters. The first-order valence-electron chi connectivity index (χ1n) is 5.18. The van der Waals surface area contributed by atoms with Crippen LogP contribution >= 0.6 is 11.3 Å². The van der Waals surface area contributed by atoms with Crippen LogP contribution < -0.4 is 11.3 Å². The summed E-state index contributed by atoms with van der Waals surface area (Å²) in [6, 6.07) is 2.53. The van der Waals surface area contributed by atoms with Crippen LogP contribution in [0.5, 0.6) is 0 Å². The number of thiophene rings is 1. The normalized spacial score (nSPS) is 15.4. The van der Waals surface area contributed by atoms with Gasteiger partial charge in [0.05, 0.1) is 0 Å². The van der Waals surface area contributed by atoms with Crippen LogP contribution in [0.4, 0.5) is 0 Å². The summed E-state index contributed by atoms with van der Waals surface area (Å²) >= 11 is 1.79. The summed E-state index contributed by atoms with van der Waals surface area (Å²) in [6.07, 6.45) is 2.32. The van der Waals surface area contributed by atoms with E-state index >= 15 is 0 Å². The second kappa shape index (κ2) is 5.49. The molecule has 0 saturated carbocycles. The Hall–Kier alpha value is -0.380. The van der Waals surface area contributed by atoms with Crippen molar-refractivity contribution in [2.24, 2.45) is 11.8 Å². The van der Waals surface area contributed by atoms with Crippen LogP contribution in [0.2, 0.25) is 0 Å². The highest BCUT2D eigenvalue weighted by Gasteiger charge is 2.13. The smallest absolute Gasteiger partial charge is 0.0470 e. The lowest BCUT2D eigenvalue weighted by atomic mass is 9.96. The van der Waals surface area contributed by atoms with Crippen LogP contribution in [0.3, 0.4) is 0 Å². The molecule has 0 radical (unpaired) electrons. The van der Waals surface area contributed by atoms with Crippen LogP contribution in [0, 0.1) is 12.8 Å². The van der Waals surface area contributed by atoms with E-state index in [4.69, 9.17) is 5.84 Å². The molecule has 80 valence electrons. The van der Waals surface area contributed by atoms with Crippen molar-refractivity contribution in [1.29, 1.82) is 0 Å². The summed E-state index contributed by atoms with van der Waals surface area (Å²) < 4.78 is 0. The van der Waals surface area contributed by atoms with E-state index in [0.29, 0.717) is 6.04 Å². The summed E-state index contributed by atoms with van der Waals surface area (Å²) in [5.41, 5.74) is 4.23. The van der Waals surface area contributed by atoms with E-state index in [1.54, 1.807) is 11.3 Å². The number of nitrogens with one attached hydrogen (secondary N) is 1. The van der Waals surface area contributed by atoms with Crippen molar-refractivity contribution in [3.05, 3.63) is 21.9 Å². The molecule has 0 bridgehead atoms. The second-order valence-electron chi connectivity index (χ2n) is 3.96. The first-order chi connectivity index (χ1) is 6.67. The van der Waals surface area contributed by atoms with Gasteiger partial charge in [-0.1, -0.05) is 20.3 Å². The maximum Gasteiger partial charge on any atom is 0.0470 e. The molecule has 1 rings (SSSR count). The quantitative estimate of drug-likeness (QED) is 0.581. The fourth-order valence-corrected chi connectivity index (χ4v) is 2.27. The van der Waals surface area contributed by atoms with E-state index in [2.05, 4.69) is 37.6 Å². The molecule has 1 aromatic rings. The Kier molecular flexibility index (Phi) is 4.58. The summed E-state index contributed by atoms with van der Waals surface area (Å²) in [4.78, 5) is 1.35. The summed E-state index contributed by atoms with van der Waals surface area (Å²) in [6.45, 7) is 6.62. The van der Waals surface area contributed by atoms with Crippen molar-refractivity contribution in [3.63, 3.8) is 0 Å². The maximum absolute atomic E-state index is 5.57. The number of hydrazine groups is 1. The molecule has 0 fully saturated rings. The Morgan fingerprint density at radius 1 is 1.57 bits per heavy atom. The molecule has 0 spiro atoms. The molecule has 0 saturated heterocycles. The van der Waals surface area contributed by atoms with Crippen LogP contribution in [0.1, 0.15) is 43.2 Å². The maximum atomic E-state index is 5.57. The number of aryl methyl sites for hydroxylation is 1. The van der Waals surface area contributed by atoms with Gasteiger partial charge < -0.3 is 0 Å². The predicted molar refractivity (Wildman–Crippen MR) is 63.2 cm³/mol. The third kappa shape index (κ3) is 3.08. The van der Waals surface area contributed by atoms with E-state index in [1.807, 2.05) is 0 Å². The van der Waals surface area contributed by atoms with Gasteiger partial charge in [0, 0.05) is 10.9 Å². The first-order valence-corrected chi connectivity index (χ1v) is 6.06. The lowest BCUT2D eigenvalue weighted by Crippen LogP contribution is -2.29. The van der Waals surface area contributed by atoms with Crippen molar-refractivity contribution >= 4 is 11.3 Å². The molecule has 3 heteroatoms. The number of rotatable bonds is 5. The van der Waals surface area contributed by atoms with Gasteiger partial charge in [-0.3, -0.25) is 11.3 Å². The minimum atomic E-state index is 0.315. The largest absolute Gasteiger partial charge is 0.271 e. The highest BCUT2D eigenvalue weighted by atomic mass is 32.1. The summed E-state index contributed by atoms with van der Waals surface area (Å²) in [5, 5.41) is 2.20. The number of hydrogen-bond acceptors (Lipinski definition) is 3. The minimum Gasteiger partial charge on any atom is -0.271 e. The molecule has 0 aliphatic heterocycles. The Morgan fingerprint density at radius 2 is 2.29 bits per heavy atom. The average Bonchev–Trinajstić information content (AvgIpc) is 2.60. The van der Waals surface area contributed by atoms with Crippen LogP contribution in [-0.4, -0.2) is 0 Å². The van der Waals surface area contributed by atoms with E-state index in [0.717, 1.165) is 12.3 Å². The Balaban J connectivity index is 2.62. The lowest BCUT2D eigenvalue weighted by Gasteiger charge is -2.18. The molecule has 1 aromatic heterocycles. The monoisotopic (exact) mass is 212 g/mol. The van der Waals surface area contributed by atoms with Crippen molar-refractivity contribution in [2.75, 3.05) is 0 Å². The lowest BCUT2D eigenvalue weighted by molar-refractivity contribution is 0.408. The van der Waals surface area contributed by atoms with Crippen LogP contribution in [0.15, 0.2) is 11.4 Å². The molecular formula is C11H20N2S. The first kappa shape index (κ1) is 11.7. The molecule has 0 aliphatic carbocycles. The number of nitrogens with two attached hydrogens (primary N) is 1. The minimum absolute atomic E-state index is 0.315. The topological polar surface area (TPSA) is 38.0 Å². The molecular weight excluding hydrogens is 192 g/mol. The third-order valence-electron chi connectivity index (χ3n) is 2.69. The SMILES string of the molecule is CCC(C)CC(NN)c1csc(C)c1. The molecule has 2 nitrogen and oxygen atoms in total. The van der Waals surface area contributed by atoms with Crippen molar-refractivity contribution in [2.45, 2.75) is 39.7 Å². The Bertz CT molecular complexity index is 270. The molecule has 0 amide bonds. The molecule has 14 heavy (non-hydrogen) atoms. The predicted octanol–water partition coefficient (Wildman–Crippen LogP) is 3.00. The van der Waals surface area contributed by atoms with E-state index < -0.39 is 0 Å². The fourth-order valence-electron chi connectivity index (χ4n) is 1.52. The van der Waals surface area contributed by atoms with Gasteiger partial charge in [-0.25, -0.2) is 0 Å². The highest BCUT2D eigenvalue weighted by molar-refractivity contribution is 7.10. The van der Waals surface area contributed by atoms with Gasteiger partial charge in [-0.15, -0.1) is 11.3 Å². The standard InChI is InChI=1S/C11H20N2S/c1-4-8(2)5-11(13-12)10-6-9(3)14-7-10/h6-8,11,13H,4-5,12H2,1-3H3. The van der Waals surface area contributed by atoms with Gasteiger partial charge >= 0.3 is 0 Å². The molecule has 2 unspecified atom stereocenters. The van der Waals surface area contributed by atoms with Gasteiger partial charge in [0.2, 0.25) is 0 Å². The van der Waals surface area contributed by atoms with Gasteiger partial charge in [0.25, 0.3) is 0 Å². The second-order valence-corrected chi connectivity index (χ2v) is 5.07. The van der Waals surface area contributed by atoms with Crippen molar-refractivity contribution in [3.8, 4) is 0 Å². The number of hydrogen-bond donors (Lipinski definition) is 2. The van der Waals surface area contributed by atoms with Crippen molar-refractivity contribution < 1.29 is 0 Å². The zero-order valence-corrected chi connectivity index (χ0v) is 10.0. The van der Waals surface area contributed by atoms with E-state index in [1.165, 1.54) is 16.9 Å². The Labute approximate surface area is 90.5 Å². The fraction of sp³-hybridized carbons (Fsp3) is 0.636. The highest BCUT2D eigenvalue weighted by Crippen LogP contribution is 2.25. The molecule has 1 heterocycles. The summed E-state index contributed by atoms with van der Waals surface area (Å²) in [7, 11) is 0. The van der Waals surface area contributed by atoms with Crippen LogP contribution in [0.25, 0.3) is 0 Å². The van der Waals surface area contributed by atoms with Crippen molar-refractivity contribution in [1.82, 2.24) is 5.43 Å².